The van der Waals surface area contributed by atoms with Crippen LogP contribution in [0.3, 0.4) is 0 Å². The summed E-state index contributed by atoms with van der Waals surface area (Å²) in [5.74, 6) is 0.566. The highest BCUT2D eigenvalue weighted by atomic mass is 16.5. The van der Waals surface area contributed by atoms with Crippen molar-refractivity contribution in [3.63, 3.8) is 0 Å². The van der Waals surface area contributed by atoms with Gasteiger partial charge < -0.3 is 9.84 Å². The number of anilines is 1. The predicted octanol–water partition coefficient (Wildman–Crippen LogP) is 1.87. The summed E-state index contributed by atoms with van der Waals surface area (Å²) >= 11 is 0. The van der Waals surface area contributed by atoms with E-state index in [1.165, 1.54) is 0 Å². The fourth-order valence-electron chi connectivity index (χ4n) is 1.25. The van der Waals surface area contributed by atoms with E-state index in [2.05, 4.69) is 20.4 Å². The van der Waals surface area contributed by atoms with Gasteiger partial charge in [0.15, 0.2) is 0 Å². The molecule has 0 fully saturated rings. The van der Waals surface area contributed by atoms with Gasteiger partial charge in [-0.2, -0.15) is 4.98 Å². The van der Waals surface area contributed by atoms with Gasteiger partial charge in [0, 0.05) is 24.5 Å². The van der Waals surface area contributed by atoms with E-state index in [9.17, 15) is 0 Å². The summed E-state index contributed by atoms with van der Waals surface area (Å²) in [6, 6.07) is 2.36. The lowest BCUT2D eigenvalue weighted by atomic mass is 10.1. The fourth-order valence-corrected chi connectivity index (χ4v) is 1.25. The van der Waals surface area contributed by atoms with Crippen LogP contribution in [0.2, 0.25) is 0 Å². The van der Waals surface area contributed by atoms with E-state index in [4.69, 9.17) is 4.52 Å². The van der Waals surface area contributed by atoms with Gasteiger partial charge >= 0.3 is 6.01 Å². The van der Waals surface area contributed by atoms with Crippen LogP contribution in [0, 0.1) is 6.92 Å². The van der Waals surface area contributed by atoms with Crippen LogP contribution in [0.5, 0.6) is 0 Å². The van der Waals surface area contributed by atoms with Gasteiger partial charge in [-0.15, -0.1) is 0 Å². The third kappa shape index (κ3) is 1.96. The number of hydrogen-bond donors (Lipinski definition) is 1. The van der Waals surface area contributed by atoms with E-state index in [1.807, 2.05) is 19.9 Å². The second-order valence-electron chi connectivity index (χ2n) is 3.14. The third-order valence-corrected chi connectivity index (χ3v) is 2.03. The molecule has 0 saturated heterocycles. The molecule has 78 valence electrons. The molecule has 0 bridgehead atoms. The Balaban J connectivity index is 2.33. The second kappa shape index (κ2) is 4.08. The highest BCUT2D eigenvalue weighted by Gasteiger charge is 2.09. The number of nitrogens with one attached hydrogen (secondary N) is 1. The number of hydrogen-bond acceptors (Lipinski definition) is 5. The van der Waals surface area contributed by atoms with Crippen LogP contribution in [0.1, 0.15) is 12.5 Å². The lowest BCUT2D eigenvalue weighted by Crippen LogP contribution is -1.96. The summed E-state index contributed by atoms with van der Waals surface area (Å²) in [4.78, 5) is 8.24. The molecule has 0 unspecified atom stereocenters. The van der Waals surface area contributed by atoms with Gasteiger partial charge in [-0.25, -0.2) is 0 Å². The summed E-state index contributed by atoms with van der Waals surface area (Å²) in [6.07, 6.45) is 3.47. The van der Waals surface area contributed by atoms with Gasteiger partial charge in [0.1, 0.15) is 0 Å². The molecule has 0 aliphatic carbocycles. The zero-order valence-electron chi connectivity index (χ0n) is 8.69. The molecule has 5 nitrogen and oxygen atoms in total. The van der Waals surface area contributed by atoms with Crippen LogP contribution in [0.4, 0.5) is 6.01 Å². The van der Waals surface area contributed by atoms with Crippen LogP contribution in [0.25, 0.3) is 11.4 Å². The fraction of sp³-hybridized carbons (Fsp3) is 0.300. The highest BCUT2D eigenvalue weighted by molar-refractivity contribution is 5.58. The molecule has 0 atom stereocenters. The molecule has 0 radical (unpaired) electrons. The molecule has 0 aliphatic heterocycles. The molecule has 2 aromatic rings. The van der Waals surface area contributed by atoms with Crippen molar-refractivity contribution in [2.75, 3.05) is 11.9 Å². The minimum absolute atomic E-state index is 0.441. The zero-order chi connectivity index (χ0) is 10.7. The van der Waals surface area contributed by atoms with E-state index >= 15 is 0 Å². The molecule has 0 aromatic carbocycles. The lowest BCUT2D eigenvalue weighted by Gasteiger charge is -1.97. The Bertz CT molecular complexity index is 452. The van der Waals surface area contributed by atoms with Crippen molar-refractivity contribution in [2.24, 2.45) is 0 Å². The first-order chi connectivity index (χ1) is 7.31. The van der Waals surface area contributed by atoms with E-state index in [-0.39, 0.29) is 0 Å². The number of aryl methyl sites for hydroxylation is 1. The maximum absolute atomic E-state index is 5.01. The van der Waals surface area contributed by atoms with Crippen molar-refractivity contribution in [3.8, 4) is 11.4 Å². The SMILES string of the molecule is CCNc1nc(-c2cnccc2C)no1. The normalized spacial score (nSPS) is 10.3. The lowest BCUT2D eigenvalue weighted by molar-refractivity contribution is 0.432. The first kappa shape index (κ1) is 9.64. The molecule has 5 heteroatoms. The first-order valence-corrected chi connectivity index (χ1v) is 4.80. The molecular weight excluding hydrogens is 192 g/mol. The summed E-state index contributed by atoms with van der Waals surface area (Å²) in [7, 11) is 0. The summed E-state index contributed by atoms with van der Waals surface area (Å²) in [5.41, 5.74) is 1.97. The van der Waals surface area contributed by atoms with Crippen molar-refractivity contribution in [2.45, 2.75) is 13.8 Å². The molecular formula is C10H12N4O. The first-order valence-electron chi connectivity index (χ1n) is 4.80. The third-order valence-electron chi connectivity index (χ3n) is 2.03. The van der Waals surface area contributed by atoms with Crippen molar-refractivity contribution in [1.82, 2.24) is 15.1 Å². The van der Waals surface area contributed by atoms with Crippen LogP contribution < -0.4 is 5.32 Å². The Morgan fingerprint density at radius 3 is 3.07 bits per heavy atom. The molecule has 0 saturated carbocycles. The second-order valence-corrected chi connectivity index (χ2v) is 3.14. The van der Waals surface area contributed by atoms with E-state index in [1.54, 1.807) is 12.4 Å². The summed E-state index contributed by atoms with van der Waals surface area (Å²) in [6.45, 7) is 4.72. The molecule has 15 heavy (non-hydrogen) atoms. The van der Waals surface area contributed by atoms with E-state index in [0.717, 1.165) is 17.7 Å². The van der Waals surface area contributed by atoms with Crippen molar-refractivity contribution in [3.05, 3.63) is 24.0 Å². The Kier molecular flexibility index (Phi) is 2.62. The number of rotatable bonds is 3. The van der Waals surface area contributed by atoms with Crippen LogP contribution in [-0.4, -0.2) is 21.7 Å². The molecule has 2 rings (SSSR count). The van der Waals surface area contributed by atoms with Crippen LogP contribution in [-0.2, 0) is 0 Å². The number of pyridine rings is 1. The molecule has 0 amide bonds. The topological polar surface area (TPSA) is 63.8 Å². The quantitative estimate of drug-likeness (QED) is 0.826. The average Bonchev–Trinajstić information content (AvgIpc) is 2.68. The van der Waals surface area contributed by atoms with Crippen molar-refractivity contribution in [1.29, 1.82) is 0 Å². The summed E-state index contributed by atoms with van der Waals surface area (Å²) in [5, 5.41) is 6.83. The Labute approximate surface area is 87.5 Å². The smallest absolute Gasteiger partial charge is 0.321 e. The van der Waals surface area contributed by atoms with Crippen LogP contribution in [0.15, 0.2) is 23.0 Å². The molecule has 0 spiro atoms. The van der Waals surface area contributed by atoms with Gasteiger partial charge in [-0.05, 0) is 25.5 Å². The Hall–Kier alpha value is -1.91. The van der Waals surface area contributed by atoms with Crippen molar-refractivity contribution < 1.29 is 4.52 Å². The van der Waals surface area contributed by atoms with E-state index < -0.39 is 0 Å². The molecule has 2 aromatic heterocycles. The highest BCUT2D eigenvalue weighted by Crippen LogP contribution is 2.19. The van der Waals surface area contributed by atoms with Crippen LogP contribution >= 0.6 is 0 Å². The molecule has 1 N–H and O–H groups in total. The minimum Gasteiger partial charge on any atom is -0.338 e. The van der Waals surface area contributed by atoms with Gasteiger partial charge in [-0.1, -0.05) is 5.16 Å². The molecule has 2 heterocycles. The van der Waals surface area contributed by atoms with Crippen molar-refractivity contribution >= 4 is 6.01 Å². The zero-order valence-corrected chi connectivity index (χ0v) is 8.69. The van der Waals surface area contributed by atoms with Gasteiger partial charge in [0.2, 0.25) is 5.82 Å². The maximum atomic E-state index is 5.01. The van der Waals surface area contributed by atoms with E-state index in [0.29, 0.717) is 11.8 Å². The summed E-state index contributed by atoms with van der Waals surface area (Å²) < 4.78 is 5.01. The predicted molar refractivity (Wildman–Crippen MR) is 56.4 cm³/mol. The minimum atomic E-state index is 0.441. The number of nitrogens with zero attached hydrogens (tertiary/aromatic N) is 3. The monoisotopic (exact) mass is 204 g/mol. The maximum Gasteiger partial charge on any atom is 0.321 e. The molecule has 0 aliphatic rings. The average molecular weight is 204 g/mol. The van der Waals surface area contributed by atoms with Gasteiger partial charge in [-0.3, -0.25) is 4.98 Å². The van der Waals surface area contributed by atoms with Gasteiger partial charge in [0.05, 0.1) is 0 Å². The largest absolute Gasteiger partial charge is 0.338 e. The Morgan fingerprint density at radius 1 is 1.47 bits per heavy atom. The van der Waals surface area contributed by atoms with Gasteiger partial charge in [0.25, 0.3) is 0 Å². The number of aromatic nitrogens is 3. The standard InChI is InChI=1S/C10H12N4O/c1-3-12-10-13-9(14-15-10)8-6-11-5-4-7(8)2/h4-6H,3H2,1-2H3,(H,12,13,14). The Morgan fingerprint density at radius 2 is 2.33 bits per heavy atom.